The Kier molecular flexibility index (Phi) is 5.73. The molecule has 1 atom stereocenters. The molecule has 0 aliphatic carbocycles. The molecule has 2 amide bonds. The summed E-state index contributed by atoms with van der Waals surface area (Å²) < 4.78 is 15.7. The normalized spacial score (nSPS) is 16.4. The molecule has 3 rings (SSSR count). The van der Waals surface area contributed by atoms with E-state index in [2.05, 4.69) is 10.6 Å². The van der Waals surface area contributed by atoms with E-state index in [1.807, 2.05) is 36.4 Å². The molecule has 7 nitrogen and oxygen atoms in total. The molecule has 2 aromatic carbocycles. The van der Waals surface area contributed by atoms with E-state index in [1.165, 1.54) is 7.11 Å². The summed E-state index contributed by atoms with van der Waals surface area (Å²) in [4.78, 5) is 24.4. The Morgan fingerprint density at radius 1 is 1.07 bits per heavy atom. The van der Waals surface area contributed by atoms with Gasteiger partial charge >= 0.3 is 12.0 Å². The van der Waals surface area contributed by atoms with Crippen molar-refractivity contribution in [1.29, 1.82) is 0 Å². The SMILES string of the molecule is COCOC(=O)C1=C(C)NC(=O)NC1c1cccc(Oc2ccccc2)c1. The number of nitrogens with one attached hydrogen (secondary N) is 2. The molecule has 1 heterocycles. The van der Waals surface area contributed by atoms with Crippen molar-refractivity contribution in [3.05, 3.63) is 71.4 Å². The van der Waals surface area contributed by atoms with Crippen LogP contribution >= 0.6 is 0 Å². The third-order valence-corrected chi connectivity index (χ3v) is 3.97. The minimum absolute atomic E-state index is 0.173. The number of carbonyl (C=O) groups is 2. The summed E-state index contributed by atoms with van der Waals surface area (Å²) in [5, 5.41) is 5.35. The second-order valence-corrected chi connectivity index (χ2v) is 5.90. The van der Waals surface area contributed by atoms with Gasteiger partial charge in [0.1, 0.15) is 11.5 Å². The van der Waals surface area contributed by atoms with Crippen LogP contribution in [0, 0.1) is 0 Å². The molecule has 0 radical (unpaired) electrons. The summed E-state index contributed by atoms with van der Waals surface area (Å²) in [6.07, 6.45) is 0. The van der Waals surface area contributed by atoms with Gasteiger partial charge in [-0.05, 0) is 36.8 Å². The molecule has 140 valence electrons. The van der Waals surface area contributed by atoms with Crippen LogP contribution in [0.5, 0.6) is 11.5 Å². The minimum Gasteiger partial charge on any atom is -0.457 e. The molecule has 7 heteroatoms. The monoisotopic (exact) mass is 368 g/mol. The lowest BCUT2D eigenvalue weighted by Crippen LogP contribution is -2.45. The van der Waals surface area contributed by atoms with Crippen LogP contribution in [-0.2, 0) is 14.3 Å². The number of hydrogen-bond acceptors (Lipinski definition) is 5. The zero-order valence-corrected chi connectivity index (χ0v) is 15.0. The number of carbonyl (C=O) groups excluding carboxylic acids is 2. The Morgan fingerprint density at radius 2 is 1.81 bits per heavy atom. The summed E-state index contributed by atoms with van der Waals surface area (Å²) in [6, 6.07) is 15.5. The van der Waals surface area contributed by atoms with E-state index in [0.717, 1.165) is 0 Å². The number of allylic oxidation sites excluding steroid dienone is 1. The fourth-order valence-electron chi connectivity index (χ4n) is 2.79. The maximum absolute atomic E-state index is 12.5. The van der Waals surface area contributed by atoms with E-state index < -0.39 is 18.0 Å². The van der Waals surface area contributed by atoms with Crippen LogP contribution in [0.1, 0.15) is 18.5 Å². The zero-order chi connectivity index (χ0) is 19.2. The van der Waals surface area contributed by atoms with Crippen molar-refractivity contribution in [3.63, 3.8) is 0 Å². The number of esters is 1. The predicted molar refractivity (Wildman–Crippen MR) is 98.0 cm³/mol. The first kappa shape index (κ1) is 18.5. The quantitative estimate of drug-likeness (QED) is 0.604. The van der Waals surface area contributed by atoms with Crippen LogP contribution in [0.25, 0.3) is 0 Å². The number of para-hydroxylation sites is 1. The van der Waals surface area contributed by atoms with Gasteiger partial charge in [-0.1, -0.05) is 30.3 Å². The molecule has 27 heavy (non-hydrogen) atoms. The highest BCUT2D eigenvalue weighted by atomic mass is 16.7. The van der Waals surface area contributed by atoms with E-state index in [4.69, 9.17) is 14.2 Å². The number of ether oxygens (including phenoxy) is 3. The molecule has 1 aliphatic heterocycles. The number of benzene rings is 2. The van der Waals surface area contributed by atoms with Crippen LogP contribution in [0.4, 0.5) is 4.79 Å². The highest BCUT2D eigenvalue weighted by Crippen LogP contribution is 2.31. The maximum atomic E-state index is 12.5. The van der Waals surface area contributed by atoms with Gasteiger partial charge in [-0.15, -0.1) is 0 Å². The summed E-state index contributed by atoms with van der Waals surface area (Å²) >= 11 is 0. The number of urea groups is 1. The molecule has 1 unspecified atom stereocenters. The Morgan fingerprint density at radius 3 is 2.56 bits per heavy atom. The van der Waals surface area contributed by atoms with Crippen LogP contribution in [0.2, 0.25) is 0 Å². The summed E-state index contributed by atoms with van der Waals surface area (Å²) in [6.45, 7) is 1.48. The fourth-order valence-corrected chi connectivity index (χ4v) is 2.79. The van der Waals surface area contributed by atoms with Crippen molar-refractivity contribution in [2.75, 3.05) is 13.9 Å². The van der Waals surface area contributed by atoms with Crippen molar-refractivity contribution in [3.8, 4) is 11.5 Å². The highest BCUT2D eigenvalue weighted by Gasteiger charge is 2.32. The van der Waals surface area contributed by atoms with Gasteiger partial charge < -0.3 is 24.8 Å². The number of methoxy groups -OCH3 is 1. The molecule has 1 aliphatic rings. The van der Waals surface area contributed by atoms with Crippen molar-refractivity contribution in [1.82, 2.24) is 10.6 Å². The van der Waals surface area contributed by atoms with Gasteiger partial charge in [0.2, 0.25) is 0 Å². The van der Waals surface area contributed by atoms with Gasteiger partial charge in [0.25, 0.3) is 0 Å². The van der Waals surface area contributed by atoms with E-state index in [9.17, 15) is 9.59 Å². The fraction of sp³-hybridized carbons (Fsp3) is 0.200. The Balaban J connectivity index is 1.90. The Labute approximate surface area is 156 Å². The van der Waals surface area contributed by atoms with Crippen molar-refractivity contribution >= 4 is 12.0 Å². The van der Waals surface area contributed by atoms with Gasteiger partial charge in [-0.2, -0.15) is 0 Å². The number of hydrogen-bond donors (Lipinski definition) is 2. The lowest BCUT2D eigenvalue weighted by Gasteiger charge is -2.28. The molecule has 0 fully saturated rings. The van der Waals surface area contributed by atoms with Crippen LogP contribution in [0.15, 0.2) is 65.9 Å². The van der Waals surface area contributed by atoms with Gasteiger partial charge in [-0.25, -0.2) is 9.59 Å². The average Bonchev–Trinajstić information content (AvgIpc) is 2.66. The topological polar surface area (TPSA) is 85.9 Å². The van der Waals surface area contributed by atoms with E-state index in [0.29, 0.717) is 28.3 Å². The van der Waals surface area contributed by atoms with Crippen LogP contribution in [0.3, 0.4) is 0 Å². The predicted octanol–water partition coefficient (Wildman–Crippen LogP) is 3.25. The molecule has 0 bridgehead atoms. The molecule has 0 aromatic heterocycles. The lowest BCUT2D eigenvalue weighted by molar-refractivity contribution is -0.149. The molecule has 2 aromatic rings. The van der Waals surface area contributed by atoms with Crippen molar-refractivity contribution in [2.24, 2.45) is 0 Å². The molecule has 0 saturated carbocycles. The summed E-state index contributed by atoms with van der Waals surface area (Å²) in [5.41, 5.74) is 1.43. The number of amides is 2. The molecule has 0 spiro atoms. The van der Waals surface area contributed by atoms with Gasteiger partial charge in [0.05, 0.1) is 11.6 Å². The lowest BCUT2D eigenvalue weighted by atomic mass is 9.95. The van der Waals surface area contributed by atoms with E-state index in [1.54, 1.807) is 25.1 Å². The third kappa shape index (κ3) is 4.45. The number of rotatable bonds is 6. The first-order valence-corrected chi connectivity index (χ1v) is 8.35. The molecular formula is C20H20N2O5. The minimum atomic E-state index is -0.664. The molecule has 2 N–H and O–H groups in total. The summed E-state index contributed by atoms with van der Waals surface area (Å²) in [5.74, 6) is 0.713. The Bertz CT molecular complexity index is 864. The third-order valence-electron chi connectivity index (χ3n) is 3.97. The van der Waals surface area contributed by atoms with E-state index in [-0.39, 0.29) is 6.79 Å². The zero-order valence-electron chi connectivity index (χ0n) is 15.0. The first-order chi connectivity index (χ1) is 13.1. The second kappa shape index (κ2) is 8.37. The molecule has 0 saturated heterocycles. The average molecular weight is 368 g/mol. The standard InChI is InChI=1S/C20H20N2O5/c1-13-17(19(23)26-12-25-2)18(22-20(24)21-13)14-7-6-10-16(11-14)27-15-8-4-3-5-9-15/h3-11,18H,12H2,1-2H3,(H2,21,22,24). The van der Waals surface area contributed by atoms with Crippen molar-refractivity contribution in [2.45, 2.75) is 13.0 Å². The smallest absolute Gasteiger partial charge is 0.340 e. The van der Waals surface area contributed by atoms with Crippen LogP contribution in [-0.4, -0.2) is 25.9 Å². The maximum Gasteiger partial charge on any atom is 0.340 e. The van der Waals surface area contributed by atoms with Gasteiger partial charge in [0, 0.05) is 12.8 Å². The second-order valence-electron chi connectivity index (χ2n) is 5.90. The van der Waals surface area contributed by atoms with Gasteiger partial charge in [0.15, 0.2) is 6.79 Å². The van der Waals surface area contributed by atoms with Crippen molar-refractivity contribution < 1.29 is 23.8 Å². The van der Waals surface area contributed by atoms with Crippen LogP contribution < -0.4 is 15.4 Å². The van der Waals surface area contributed by atoms with Gasteiger partial charge in [-0.3, -0.25) is 0 Å². The highest BCUT2D eigenvalue weighted by molar-refractivity contribution is 5.95. The largest absolute Gasteiger partial charge is 0.457 e. The Hall–Kier alpha value is -3.32. The summed E-state index contributed by atoms with van der Waals surface area (Å²) in [7, 11) is 1.43. The first-order valence-electron chi connectivity index (χ1n) is 8.35. The molecular weight excluding hydrogens is 348 g/mol. The van der Waals surface area contributed by atoms with E-state index >= 15 is 0 Å².